The summed E-state index contributed by atoms with van der Waals surface area (Å²) in [5.74, 6) is 0.0191. The Morgan fingerprint density at radius 2 is 1.87 bits per heavy atom. The Bertz CT molecular complexity index is 1460. The molecule has 2 aliphatic rings. The summed E-state index contributed by atoms with van der Waals surface area (Å²) in [6, 6.07) is 12.1. The van der Waals surface area contributed by atoms with Crippen LogP contribution in [-0.2, 0) is 11.3 Å². The van der Waals surface area contributed by atoms with Crippen molar-refractivity contribution in [1.82, 2.24) is 5.32 Å². The minimum atomic E-state index is -0.0970. The third kappa shape index (κ3) is 6.12. The normalized spacial score (nSPS) is 19.0. The van der Waals surface area contributed by atoms with E-state index in [4.69, 9.17) is 23.2 Å². The maximum atomic E-state index is 13.0. The molecule has 0 spiro atoms. The van der Waals surface area contributed by atoms with E-state index in [1.165, 1.54) is 30.8 Å². The fraction of sp³-hybridized carbons (Fsp3) is 0.310. The van der Waals surface area contributed by atoms with Crippen molar-refractivity contribution in [2.45, 2.75) is 45.1 Å². The number of rotatable bonds is 6. The van der Waals surface area contributed by atoms with E-state index in [1.54, 1.807) is 23.1 Å². The highest BCUT2D eigenvalue weighted by atomic mass is 127. The number of allylic oxidation sites excluding steroid dienone is 4. The predicted molar refractivity (Wildman–Crippen MR) is 159 cm³/mol. The Morgan fingerprint density at radius 3 is 2.61 bits per heavy atom. The van der Waals surface area contributed by atoms with Gasteiger partial charge < -0.3 is 34.2 Å². The Hall–Kier alpha value is -1.52. The van der Waals surface area contributed by atoms with Gasteiger partial charge in [0.25, 0.3) is 5.01 Å². The molecule has 2 aromatic carbocycles. The molecule has 4 nitrogen and oxygen atoms in total. The molecule has 1 aromatic heterocycles. The molecule has 5 rings (SSSR count). The van der Waals surface area contributed by atoms with E-state index >= 15 is 0 Å². The number of fused-ring (bicyclic) bond motifs is 2. The van der Waals surface area contributed by atoms with Gasteiger partial charge in [-0.25, -0.2) is 0 Å². The lowest BCUT2D eigenvalue weighted by molar-refractivity contribution is -0.665. The molecule has 2 heterocycles. The van der Waals surface area contributed by atoms with E-state index in [-0.39, 0.29) is 35.8 Å². The first-order valence-corrected chi connectivity index (χ1v) is 15.1. The zero-order valence-electron chi connectivity index (χ0n) is 21.6. The number of halogens is 3. The molecule has 38 heavy (non-hydrogen) atoms. The van der Waals surface area contributed by atoms with E-state index in [0.717, 1.165) is 47.2 Å². The molecule has 3 aromatic rings. The third-order valence-electron chi connectivity index (χ3n) is 6.69. The number of thioether (sulfide) groups is 1. The van der Waals surface area contributed by atoms with Gasteiger partial charge in [0.1, 0.15) is 11.2 Å². The molecule has 1 N–H and O–H groups in total. The van der Waals surface area contributed by atoms with Crippen molar-refractivity contribution in [2.75, 3.05) is 18.0 Å². The van der Waals surface area contributed by atoms with E-state index in [9.17, 15) is 4.79 Å². The molecular weight excluding hydrogens is 668 g/mol. The third-order valence-corrected chi connectivity index (χ3v) is 9.39. The molecule has 1 aliphatic carbocycles. The maximum absolute atomic E-state index is 13.0. The minimum Gasteiger partial charge on any atom is -1.00 e. The largest absolute Gasteiger partial charge is 1.00 e. The Morgan fingerprint density at radius 1 is 1.11 bits per heavy atom. The molecular formula is C29H30Cl2IN3OS2. The van der Waals surface area contributed by atoms with Gasteiger partial charge in [-0.05, 0) is 81.2 Å². The van der Waals surface area contributed by atoms with Gasteiger partial charge in [-0.2, -0.15) is 4.57 Å². The topological polar surface area (TPSA) is 36.2 Å². The zero-order chi connectivity index (χ0) is 26.1. The Balaban J connectivity index is 0.00000336. The summed E-state index contributed by atoms with van der Waals surface area (Å²) in [4.78, 5) is 16.5. The minimum absolute atomic E-state index is 0. The van der Waals surface area contributed by atoms with E-state index in [1.807, 2.05) is 31.2 Å². The molecule has 1 amide bonds. The summed E-state index contributed by atoms with van der Waals surface area (Å²) in [7, 11) is 0. The maximum Gasteiger partial charge on any atom is 0.263 e. The molecule has 0 saturated heterocycles. The first-order chi connectivity index (χ1) is 17.9. The van der Waals surface area contributed by atoms with Gasteiger partial charge in [-0.15, -0.1) is 0 Å². The number of nitrogens with one attached hydrogen (secondary N) is 1. The van der Waals surface area contributed by atoms with Crippen LogP contribution in [0.2, 0.25) is 10.0 Å². The second-order valence-electron chi connectivity index (χ2n) is 9.18. The van der Waals surface area contributed by atoms with Crippen molar-refractivity contribution < 1.29 is 33.3 Å². The van der Waals surface area contributed by atoms with Crippen LogP contribution in [0.1, 0.15) is 38.6 Å². The summed E-state index contributed by atoms with van der Waals surface area (Å²) in [6.45, 7) is 8.61. The molecule has 1 aliphatic heterocycles. The van der Waals surface area contributed by atoms with Crippen LogP contribution in [0.25, 0.3) is 16.3 Å². The Labute approximate surface area is 259 Å². The molecule has 1 atom stereocenters. The van der Waals surface area contributed by atoms with Crippen molar-refractivity contribution in [3.05, 3.63) is 79.8 Å². The van der Waals surface area contributed by atoms with Gasteiger partial charge in [0.05, 0.1) is 10.7 Å². The van der Waals surface area contributed by atoms with Gasteiger partial charge in [0.2, 0.25) is 11.4 Å². The summed E-state index contributed by atoms with van der Waals surface area (Å²) >= 11 is 16.1. The van der Waals surface area contributed by atoms with Crippen molar-refractivity contribution in [2.24, 2.45) is 5.92 Å². The van der Waals surface area contributed by atoms with Gasteiger partial charge in [0, 0.05) is 46.1 Å². The van der Waals surface area contributed by atoms with Crippen molar-refractivity contribution >= 4 is 74.2 Å². The predicted octanol–water partition coefficient (Wildman–Crippen LogP) is 4.85. The van der Waals surface area contributed by atoms with Crippen LogP contribution in [0.15, 0.2) is 69.6 Å². The number of aromatic nitrogens is 1. The first-order valence-electron chi connectivity index (χ1n) is 12.7. The second-order valence-corrected chi connectivity index (χ2v) is 12.2. The number of thiazole rings is 1. The highest BCUT2D eigenvalue weighted by molar-refractivity contribution is 8.03. The van der Waals surface area contributed by atoms with Crippen LogP contribution in [0.3, 0.4) is 0 Å². The number of amides is 1. The lowest BCUT2D eigenvalue weighted by atomic mass is 9.85. The fourth-order valence-corrected chi connectivity index (χ4v) is 7.73. The van der Waals surface area contributed by atoms with Gasteiger partial charge in [0.15, 0.2) is 0 Å². The number of hydrogen-bond donors (Lipinski definition) is 1. The standard InChI is InChI=1S/C29H29Cl2N3OS2.HI/c1-4-32-29(35)20-12-18(14-27-33(5-2)23-16-21(30)7-9-25(23)36-27)11-19(13-20)15-28-34(6-3)24-17-22(31)8-10-26(24)37-28;/h7-11,14-17,20H,4-6,12-13H2,1-3H3;1H. The average molecular weight is 699 g/mol. The molecule has 0 fully saturated rings. The van der Waals surface area contributed by atoms with Crippen LogP contribution >= 0.6 is 46.3 Å². The summed E-state index contributed by atoms with van der Waals surface area (Å²) in [5, 5.41) is 6.86. The quantitative estimate of drug-likeness (QED) is 0.296. The molecule has 9 heteroatoms. The molecule has 0 radical (unpaired) electrons. The van der Waals surface area contributed by atoms with Crippen LogP contribution in [0.5, 0.6) is 0 Å². The molecule has 200 valence electrons. The molecule has 0 saturated carbocycles. The van der Waals surface area contributed by atoms with Crippen LogP contribution in [0, 0.1) is 5.92 Å². The van der Waals surface area contributed by atoms with Gasteiger partial charge in [-0.1, -0.05) is 52.4 Å². The zero-order valence-corrected chi connectivity index (χ0v) is 26.9. The summed E-state index contributed by atoms with van der Waals surface area (Å²) < 4.78 is 3.50. The number of benzene rings is 2. The summed E-state index contributed by atoms with van der Waals surface area (Å²) in [6.07, 6.45) is 8.21. The SMILES string of the molecule is CCNC(=O)C1CC(/C=C2\Sc3ccc(Cl)cc3N2CC)=CC(=C/c2sc3ccc(Cl)cc3[n+]2CC)/C1.[I-]. The number of anilines is 1. The van der Waals surface area contributed by atoms with Crippen LogP contribution < -0.4 is 38.8 Å². The van der Waals surface area contributed by atoms with E-state index in [2.05, 4.69) is 59.0 Å². The fourth-order valence-electron chi connectivity index (χ4n) is 5.04. The highest BCUT2D eigenvalue weighted by Gasteiger charge is 2.28. The van der Waals surface area contributed by atoms with E-state index < -0.39 is 0 Å². The number of aryl methyl sites for hydroxylation is 1. The van der Waals surface area contributed by atoms with Gasteiger partial charge in [-0.3, -0.25) is 4.79 Å². The summed E-state index contributed by atoms with van der Waals surface area (Å²) in [5.41, 5.74) is 4.62. The number of carbonyl (C=O) groups is 1. The van der Waals surface area contributed by atoms with Crippen molar-refractivity contribution in [3.63, 3.8) is 0 Å². The van der Waals surface area contributed by atoms with E-state index in [0.29, 0.717) is 6.54 Å². The van der Waals surface area contributed by atoms with Crippen LogP contribution in [-0.4, -0.2) is 19.0 Å². The first kappa shape index (κ1) is 29.5. The monoisotopic (exact) mass is 697 g/mol. The molecule has 1 unspecified atom stereocenters. The smallest absolute Gasteiger partial charge is 0.263 e. The average Bonchev–Trinajstić information content (AvgIpc) is 3.39. The van der Waals surface area contributed by atoms with Gasteiger partial charge >= 0.3 is 0 Å². The lowest BCUT2D eigenvalue weighted by Crippen LogP contribution is -3.00. The van der Waals surface area contributed by atoms with Crippen LogP contribution in [0.4, 0.5) is 5.69 Å². The number of nitrogens with zero attached hydrogens (tertiary/aromatic N) is 2. The Kier molecular flexibility index (Phi) is 9.90. The molecule has 0 bridgehead atoms. The number of carbonyl (C=O) groups excluding carboxylic acids is 1. The van der Waals surface area contributed by atoms with Crippen molar-refractivity contribution in [1.29, 1.82) is 0 Å². The van der Waals surface area contributed by atoms with Crippen molar-refractivity contribution in [3.8, 4) is 0 Å². The second kappa shape index (κ2) is 12.8. The lowest BCUT2D eigenvalue weighted by Gasteiger charge is -2.24. The highest BCUT2D eigenvalue weighted by Crippen LogP contribution is 2.47. The number of hydrogen-bond acceptors (Lipinski definition) is 4.